The number of carbonyl (C=O) groups excluding carboxylic acids is 3. The Morgan fingerprint density at radius 2 is 1.19 bits per heavy atom. The number of fused-ring (bicyclic) bond motifs is 2. The predicted molar refractivity (Wildman–Crippen MR) is 75.4 cm³/mol. The first kappa shape index (κ1) is 11.8. The van der Waals surface area contributed by atoms with Crippen LogP contribution in [0, 0.1) is 0 Å². The normalized spacial score (nSPS) is 18.0. The second-order valence-corrected chi connectivity index (χ2v) is 5.08. The van der Waals surface area contributed by atoms with Crippen molar-refractivity contribution >= 4 is 23.2 Å². The van der Waals surface area contributed by atoms with Gasteiger partial charge in [0.15, 0.2) is 0 Å². The van der Waals surface area contributed by atoms with Crippen LogP contribution >= 0.6 is 0 Å². The number of Topliss-reactive ketones (excluding diaryl/α,β-unsaturated/α-hetero) is 2. The molecular formula is C16H10N2O3. The van der Waals surface area contributed by atoms with Crippen LogP contribution < -0.4 is 10.6 Å². The summed E-state index contributed by atoms with van der Waals surface area (Å²) >= 11 is 0. The molecule has 21 heavy (non-hydrogen) atoms. The highest BCUT2D eigenvalue weighted by Crippen LogP contribution is 2.35. The van der Waals surface area contributed by atoms with Crippen molar-refractivity contribution in [1.29, 1.82) is 0 Å². The summed E-state index contributed by atoms with van der Waals surface area (Å²) in [5, 5.41) is 5.46. The van der Waals surface area contributed by atoms with Gasteiger partial charge in [-0.15, -0.1) is 0 Å². The highest BCUT2D eigenvalue weighted by Gasteiger charge is 2.56. The number of nitrogens with one attached hydrogen (secondary N) is 2. The van der Waals surface area contributed by atoms with Crippen LogP contribution in [0.1, 0.15) is 31.1 Å². The fraction of sp³-hybridized carbons (Fsp3) is 0.0625. The fourth-order valence-electron chi connectivity index (χ4n) is 2.87. The van der Waals surface area contributed by atoms with Crippen LogP contribution in [0.15, 0.2) is 48.5 Å². The van der Waals surface area contributed by atoms with E-state index in [9.17, 15) is 14.4 Å². The van der Waals surface area contributed by atoms with Crippen LogP contribution in [-0.2, 0) is 0 Å². The van der Waals surface area contributed by atoms with Crippen LogP contribution in [-0.4, -0.2) is 23.1 Å². The Morgan fingerprint density at radius 3 is 1.81 bits per heavy atom. The van der Waals surface area contributed by atoms with Gasteiger partial charge in [0, 0.05) is 16.8 Å². The van der Waals surface area contributed by atoms with Crippen molar-refractivity contribution in [1.82, 2.24) is 5.32 Å². The average molecular weight is 278 g/mol. The van der Waals surface area contributed by atoms with E-state index in [0.717, 1.165) is 0 Å². The van der Waals surface area contributed by atoms with E-state index < -0.39 is 23.1 Å². The number of benzene rings is 2. The van der Waals surface area contributed by atoms with Crippen LogP contribution in [0.3, 0.4) is 0 Å². The molecule has 5 nitrogen and oxygen atoms in total. The lowest BCUT2D eigenvalue weighted by Gasteiger charge is -2.34. The van der Waals surface area contributed by atoms with E-state index in [4.69, 9.17) is 0 Å². The highest BCUT2D eigenvalue weighted by molar-refractivity contribution is 6.36. The molecule has 0 aromatic heterocycles. The summed E-state index contributed by atoms with van der Waals surface area (Å²) in [4.78, 5) is 37.5. The van der Waals surface area contributed by atoms with Gasteiger partial charge in [-0.2, -0.15) is 0 Å². The van der Waals surface area contributed by atoms with Gasteiger partial charge in [-0.05, 0) is 12.1 Å². The van der Waals surface area contributed by atoms with Gasteiger partial charge in [0.1, 0.15) is 0 Å². The van der Waals surface area contributed by atoms with Crippen LogP contribution in [0.4, 0.5) is 5.69 Å². The molecule has 0 saturated carbocycles. The molecule has 0 radical (unpaired) electrons. The first-order valence-corrected chi connectivity index (χ1v) is 6.52. The first-order valence-electron chi connectivity index (χ1n) is 6.52. The molecule has 102 valence electrons. The zero-order valence-corrected chi connectivity index (χ0v) is 10.8. The molecule has 1 amide bonds. The second-order valence-electron chi connectivity index (χ2n) is 5.08. The van der Waals surface area contributed by atoms with Gasteiger partial charge in [-0.1, -0.05) is 36.4 Å². The van der Waals surface area contributed by atoms with Crippen molar-refractivity contribution in [3.8, 4) is 0 Å². The summed E-state index contributed by atoms with van der Waals surface area (Å²) in [5.74, 6) is -1.28. The number of hydrogen-bond acceptors (Lipinski definition) is 4. The molecule has 4 rings (SSSR count). The van der Waals surface area contributed by atoms with E-state index in [2.05, 4.69) is 10.6 Å². The molecule has 2 aliphatic rings. The summed E-state index contributed by atoms with van der Waals surface area (Å²) < 4.78 is 0. The van der Waals surface area contributed by atoms with Gasteiger partial charge < -0.3 is 10.6 Å². The van der Waals surface area contributed by atoms with Crippen molar-refractivity contribution < 1.29 is 14.4 Å². The SMILES string of the molecule is O=C1NC2(Nc3ccccc31)C(=O)c1ccccc1C2=O. The van der Waals surface area contributed by atoms with Gasteiger partial charge in [0.25, 0.3) is 5.91 Å². The minimum Gasteiger partial charge on any atom is -0.349 e. The molecule has 2 aromatic rings. The summed E-state index contributed by atoms with van der Waals surface area (Å²) in [6.45, 7) is 0. The molecule has 0 fully saturated rings. The number of amides is 1. The van der Waals surface area contributed by atoms with E-state index in [1.807, 2.05) is 0 Å². The first-order chi connectivity index (χ1) is 10.1. The summed E-state index contributed by atoms with van der Waals surface area (Å²) in [6.07, 6.45) is 0. The minimum atomic E-state index is -1.71. The third-order valence-corrected chi connectivity index (χ3v) is 3.89. The number of ketones is 2. The lowest BCUT2D eigenvalue weighted by atomic mass is 9.97. The van der Waals surface area contributed by atoms with Gasteiger partial charge in [0.05, 0.1) is 5.56 Å². The zero-order valence-electron chi connectivity index (χ0n) is 10.8. The van der Waals surface area contributed by atoms with Crippen molar-refractivity contribution in [3.63, 3.8) is 0 Å². The molecule has 1 spiro atoms. The molecule has 1 heterocycles. The molecule has 1 aliphatic carbocycles. The fourth-order valence-corrected chi connectivity index (χ4v) is 2.87. The van der Waals surface area contributed by atoms with E-state index in [1.54, 1.807) is 48.5 Å². The average Bonchev–Trinajstić information content (AvgIpc) is 2.71. The van der Waals surface area contributed by atoms with Gasteiger partial charge in [0.2, 0.25) is 17.2 Å². The van der Waals surface area contributed by atoms with Crippen LogP contribution in [0.2, 0.25) is 0 Å². The van der Waals surface area contributed by atoms with Crippen molar-refractivity contribution in [2.24, 2.45) is 0 Å². The Morgan fingerprint density at radius 1 is 0.667 bits per heavy atom. The zero-order chi connectivity index (χ0) is 14.6. The Labute approximate surface area is 120 Å². The summed E-state index contributed by atoms with van der Waals surface area (Å²) in [5.41, 5.74) is -0.158. The van der Waals surface area contributed by atoms with Gasteiger partial charge in [-0.3, -0.25) is 14.4 Å². The Hall–Kier alpha value is -2.95. The standard InChI is InChI=1S/C16H10N2O3/c19-13-9-5-1-2-6-10(9)14(20)16(13)17-12-8-4-3-7-11(12)15(21)18-16/h1-8,17H,(H,18,21). The van der Waals surface area contributed by atoms with E-state index in [-0.39, 0.29) is 0 Å². The predicted octanol–water partition coefficient (Wildman–Crippen LogP) is 1.62. The monoisotopic (exact) mass is 278 g/mol. The quantitative estimate of drug-likeness (QED) is 0.718. The molecule has 0 atom stereocenters. The van der Waals surface area contributed by atoms with E-state index in [0.29, 0.717) is 22.4 Å². The molecule has 0 bridgehead atoms. The number of hydrogen-bond donors (Lipinski definition) is 2. The molecule has 2 N–H and O–H groups in total. The van der Waals surface area contributed by atoms with Crippen molar-refractivity contribution in [2.45, 2.75) is 5.66 Å². The van der Waals surface area contributed by atoms with Crippen molar-refractivity contribution in [2.75, 3.05) is 5.32 Å². The van der Waals surface area contributed by atoms with Crippen LogP contribution in [0.5, 0.6) is 0 Å². The maximum Gasteiger partial charge on any atom is 0.255 e. The third kappa shape index (κ3) is 1.37. The molecule has 0 unspecified atom stereocenters. The van der Waals surface area contributed by atoms with Gasteiger partial charge in [-0.25, -0.2) is 0 Å². The molecular weight excluding hydrogens is 268 g/mol. The molecule has 0 saturated heterocycles. The lowest BCUT2D eigenvalue weighted by Crippen LogP contribution is -2.64. The summed E-state index contributed by atoms with van der Waals surface area (Å²) in [6, 6.07) is 13.4. The number of carbonyl (C=O) groups is 3. The number of para-hydroxylation sites is 1. The van der Waals surface area contributed by atoms with Crippen molar-refractivity contribution in [3.05, 3.63) is 65.2 Å². The van der Waals surface area contributed by atoms with Crippen LogP contribution in [0.25, 0.3) is 0 Å². The number of anilines is 1. The number of rotatable bonds is 0. The minimum absolute atomic E-state index is 0.328. The molecule has 5 heteroatoms. The summed E-state index contributed by atoms with van der Waals surface area (Å²) in [7, 11) is 0. The maximum atomic E-state index is 12.6. The Kier molecular flexibility index (Phi) is 2.14. The third-order valence-electron chi connectivity index (χ3n) is 3.89. The Bertz CT molecular complexity index is 791. The van der Waals surface area contributed by atoms with E-state index >= 15 is 0 Å². The molecule has 1 aliphatic heterocycles. The topological polar surface area (TPSA) is 75.3 Å². The molecule has 2 aromatic carbocycles. The smallest absolute Gasteiger partial charge is 0.255 e. The van der Waals surface area contributed by atoms with Gasteiger partial charge >= 0.3 is 0 Å². The lowest BCUT2D eigenvalue weighted by molar-refractivity contribution is 0.0717. The Balaban J connectivity index is 1.90. The maximum absolute atomic E-state index is 12.6. The van der Waals surface area contributed by atoms with E-state index in [1.165, 1.54) is 0 Å². The largest absolute Gasteiger partial charge is 0.349 e. The second kappa shape index (κ2) is 3.79. The highest BCUT2D eigenvalue weighted by atomic mass is 16.2.